The van der Waals surface area contributed by atoms with Gasteiger partial charge in [-0.2, -0.15) is 0 Å². The van der Waals surface area contributed by atoms with Crippen LogP contribution in [0, 0.1) is 5.82 Å². The van der Waals surface area contributed by atoms with Gasteiger partial charge in [-0.25, -0.2) is 4.39 Å². The smallest absolute Gasteiger partial charge is 0.253 e. The van der Waals surface area contributed by atoms with E-state index in [1.807, 2.05) is 0 Å². The number of carbonyl (C=O) groups is 1. The maximum Gasteiger partial charge on any atom is 0.253 e. The Kier molecular flexibility index (Phi) is 3.03. The van der Waals surface area contributed by atoms with Crippen molar-refractivity contribution in [2.45, 2.75) is 18.4 Å². The summed E-state index contributed by atoms with van der Waals surface area (Å²) in [5, 5.41) is 6.02. The highest BCUT2D eigenvalue weighted by Gasteiger charge is 2.44. The van der Waals surface area contributed by atoms with Gasteiger partial charge in [0.2, 0.25) is 0 Å². The number of nitrogens with one attached hydrogen (secondary N) is 2. The number of carbonyl (C=O) groups excluding carboxylic acids is 1. The molecule has 0 bridgehead atoms. The van der Waals surface area contributed by atoms with Crippen LogP contribution in [0.1, 0.15) is 18.4 Å². The molecule has 19 heavy (non-hydrogen) atoms. The highest BCUT2D eigenvalue weighted by atomic mass is 35.5. The lowest BCUT2D eigenvalue weighted by atomic mass is 9.89. The van der Waals surface area contributed by atoms with E-state index in [0.29, 0.717) is 24.2 Å². The van der Waals surface area contributed by atoms with E-state index in [1.54, 1.807) is 6.07 Å². The van der Waals surface area contributed by atoms with Crippen LogP contribution in [-0.4, -0.2) is 30.4 Å². The number of amides is 1. The SMILES string of the molecule is O=C1NC(c2ccc(F)c(Cl)c2)=NC12CCNCC2. The Balaban J connectivity index is 1.95. The average molecular weight is 282 g/mol. The minimum atomic E-state index is -0.665. The van der Waals surface area contributed by atoms with Crippen molar-refractivity contribution in [2.24, 2.45) is 4.99 Å². The molecule has 2 N–H and O–H groups in total. The third kappa shape index (κ3) is 2.13. The monoisotopic (exact) mass is 281 g/mol. The van der Waals surface area contributed by atoms with Gasteiger partial charge in [0.05, 0.1) is 5.02 Å². The second-order valence-corrected chi connectivity index (χ2v) is 5.23. The molecular weight excluding hydrogens is 269 g/mol. The minimum absolute atomic E-state index is 0.0284. The van der Waals surface area contributed by atoms with E-state index < -0.39 is 11.4 Å². The molecule has 2 aliphatic rings. The number of aliphatic imine (C=N–C) groups is 1. The maximum atomic E-state index is 13.1. The summed E-state index contributed by atoms with van der Waals surface area (Å²) in [5.41, 5.74) is -0.0308. The fourth-order valence-electron chi connectivity index (χ4n) is 2.48. The molecular formula is C13H13ClFN3O. The van der Waals surface area contributed by atoms with Gasteiger partial charge < -0.3 is 10.6 Å². The van der Waals surface area contributed by atoms with Crippen LogP contribution in [0.2, 0.25) is 5.02 Å². The van der Waals surface area contributed by atoms with Crippen molar-refractivity contribution in [1.82, 2.24) is 10.6 Å². The van der Waals surface area contributed by atoms with Gasteiger partial charge >= 0.3 is 0 Å². The summed E-state index contributed by atoms with van der Waals surface area (Å²) in [6, 6.07) is 4.33. The highest BCUT2D eigenvalue weighted by Crippen LogP contribution is 2.29. The van der Waals surface area contributed by atoms with Gasteiger partial charge in [-0.3, -0.25) is 9.79 Å². The third-order valence-corrected chi connectivity index (χ3v) is 3.89. The van der Waals surface area contributed by atoms with Gasteiger partial charge in [-0.1, -0.05) is 11.6 Å². The first kappa shape index (κ1) is 12.6. The fraction of sp³-hybridized carbons (Fsp3) is 0.385. The fourth-order valence-corrected chi connectivity index (χ4v) is 2.66. The van der Waals surface area contributed by atoms with E-state index in [1.165, 1.54) is 12.1 Å². The molecule has 100 valence electrons. The Bertz CT molecular complexity index is 567. The van der Waals surface area contributed by atoms with Gasteiger partial charge in [0.25, 0.3) is 5.91 Å². The van der Waals surface area contributed by atoms with Crippen LogP contribution in [0.15, 0.2) is 23.2 Å². The first-order valence-electron chi connectivity index (χ1n) is 6.18. The first-order chi connectivity index (χ1) is 9.11. The highest BCUT2D eigenvalue weighted by molar-refractivity contribution is 6.31. The molecule has 0 aromatic heterocycles. The van der Waals surface area contributed by atoms with E-state index >= 15 is 0 Å². The topological polar surface area (TPSA) is 53.5 Å². The zero-order chi connectivity index (χ0) is 13.5. The van der Waals surface area contributed by atoms with E-state index in [4.69, 9.17) is 11.6 Å². The van der Waals surface area contributed by atoms with Gasteiger partial charge in [-0.05, 0) is 44.1 Å². The second kappa shape index (κ2) is 4.58. The van der Waals surface area contributed by atoms with Gasteiger partial charge in [-0.15, -0.1) is 0 Å². The lowest BCUT2D eigenvalue weighted by Gasteiger charge is -2.28. The summed E-state index contributed by atoms with van der Waals surface area (Å²) in [7, 11) is 0. The van der Waals surface area contributed by atoms with Crippen LogP contribution < -0.4 is 10.6 Å². The quantitative estimate of drug-likeness (QED) is 0.819. The molecule has 0 radical (unpaired) electrons. The molecule has 4 nitrogen and oxygen atoms in total. The van der Waals surface area contributed by atoms with E-state index in [9.17, 15) is 9.18 Å². The summed E-state index contributed by atoms with van der Waals surface area (Å²) in [6.07, 6.45) is 1.36. The average Bonchev–Trinajstić information content (AvgIpc) is 2.71. The van der Waals surface area contributed by atoms with E-state index in [0.717, 1.165) is 13.1 Å². The van der Waals surface area contributed by atoms with Crippen LogP contribution in [0.25, 0.3) is 0 Å². The van der Waals surface area contributed by atoms with Crippen LogP contribution >= 0.6 is 11.6 Å². The van der Waals surface area contributed by atoms with Crippen molar-refractivity contribution in [2.75, 3.05) is 13.1 Å². The summed E-state index contributed by atoms with van der Waals surface area (Å²) in [6.45, 7) is 1.54. The Morgan fingerprint density at radius 1 is 1.32 bits per heavy atom. The standard InChI is InChI=1S/C13H13ClFN3O/c14-9-7-8(1-2-10(9)15)11-17-12(19)13(18-11)3-5-16-6-4-13/h1-2,7,16H,3-6H2,(H,17,18,19). The number of rotatable bonds is 1. The number of hydrogen-bond acceptors (Lipinski definition) is 3. The minimum Gasteiger partial charge on any atom is -0.317 e. The third-order valence-electron chi connectivity index (χ3n) is 3.60. The predicted molar refractivity (Wildman–Crippen MR) is 70.9 cm³/mol. The number of piperidine rings is 1. The molecule has 1 aromatic carbocycles. The van der Waals surface area contributed by atoms with E-state index in [2.05, 4.69) is 15.6 Å². The van der Waals surface area contributed by atoms with Gasteiger partial charge in [0.1, 0.15) is 17.2 Å². The molecule has 1 aromatic rings. The van der Waals surface area contributed by atoms with Crippen molar-refractivity contribution >= 4 is 23.3 Å². The Labute approximate surface area is 115 Å². The van der Waals surface area contributed by atoms with Crippen LogP contribution in [-0.2, 0) is 4.79 Å². The number of benzene rings is 1. The largest absolute Gasteiger partial charge is 0.317 e. The maximum absolute atomic E-state index is 13.1. The molecule has 3 rings (SSSR count). The van der Waals surface area contributed by atoms with Crippen molar-refractivity contribution in [3.8, 4) is 0 Å². The molecule has 2 heterocycles. The second-order valence-electron chi connectivity index (χ2n) is 4.83. The summed E-state index contributed by atoms with van der Waals surface area (Å²) in [5.74, 6) is -0.0785. The normalized spacial score (nSPS) is 21.4. The molecule has 6 heteroatoms. The first-order valence-corrected chi connectivity index (χ1v) is 6.56. The molecule has 1 spiro atoms. The predicted octanol–water partition coefficient (Wildman–Crippen LogP) is 1.48. The summed E-state index contributed by atoms with van der Waals surface area (Å²) in [4.78, 5) is 16.7. The number of halogens is 2. The van der Waals surface area contributed by atoms with Crippen LogP contribution in [0.3, 0.4) is 0 Å². The lowest BCUT2D eigenvalue weighted by Crippen LogP contribution is -2.47. The lowest BCUT2D eigenvalue weighted by molar-refractivity contribution is -0.124. The number of amidine groups is 1. The van der Waals surface area contributed by atoms with Crippen molar-refractivity contribution in [3.63, 3.8) is 0 Å². The Hall–Kier alpha value is -1.46. The van der Waals surface area contributed by atoms with Crippen molar-refractivity contribution < 1.29 is 9.18 Å². The van der Waals surface area contributed by atoms with Crippen molar-refractivity contribution in [1.29, 1.82) is 0 Å². The van der Waals surface area contributed by atoms with E-state index in [-0.39, 0.29) is 10.9 Å². The van der Waals surface area contributed by atoms with Crippen LogP contribution in [0.4, 0.5) is 4.39 Å². The Morgan fingerprint density at radius 3 is 2.74 bits per heavy atom. The van der Waals surface area contributed by atoms with Crippen LogP contribution in [0.5, 0.6) is 0 Å². The molecule has 1 saturated heterocycles. The summed E-state index contributed by atoms with van der Waals surface area (Å²) >= 11 is 5.75. The van der Waals surface area contributed by atoms with Crippen molar-refractivity contribution in [3.05, 3.63) is 34.6 Å². The zero-order valence-electron chi connectivity index (χ0n) is 10.2. The molecule has 0 unspecified atom stereocenters. The van der Waals surface area contributed by atoms with Gasteiger partial charge in [0, 0.05) is 5.56 Å². The molecule has 2 aliphatic heterocycles. The number of nitrogens with zero attached hydrogens (tertiary/aromatic N) is 1. The summed E-state index contributed by atoms with van der Waals surface area (Å²) < 4.78 is 13.1. The molecule has 0 atom stereocenters. The zero-order valence-corrected chi connectivity index (χ0v) is 10.9. The molecule has 0 saturated carbocycles. The number of hydrogen-bond donors (Lipinski definition) is 2. The Morgan fingerprint density at radius 2 is 2.05 bits per heavy atom. The van der Waals surface area contributed by atoms with Gasteiger partial charge in [0.15, 0.2) is 0 Å². The molecule has 1 amide bonds. The molecule has 0 aliphatic carbocycles. The molecule has 1 fully saturated rings.